The maximum absolute atomic E-state index is 11.3. The van der Waals surface area contributed by atoms with Crippen molar-refractivity contribution in [3.8, 4) is 0 Å². The van der Waals surface area contributed by atoms with Gasteiger partial charge in [0, 0.05) is 11.8 Å². The molecule has 70 valence electrons. The highest BCUT2D eigenvalue weighted by Crippen LogP contribution is 2.11. The molecule has 3 N–H and O–H groups in total. The number of hydrogen-bond donors (Lipinski definition) is 3. The van der Waals surface area contributed by atoms with Crippen molar-refractivity contribution in [3.63, 3.8) is 0 Å². The third-order valence-corrected chi connectivity index (χ3v) is 2.54. The number of nitrogens with one attached hydrogen (secondary N) is 3. The van der Waals surface area contributed by atoms with Gasteiger partial charge in [-0.15, -0.1) is 0 Å². The van der Waals surface area contributed by atoms with Crippen LogP contribution in [-0.4, -0.2) is 16.2 Å². The lowest BCUT2D eigenvalue weighted by Crippen LogP contribution is -2.45. The summed E-state index contributed by atoms with van der Waals surface area (Å²) < 4.78 is 0. The van der Waals surface area contributed by atoms with Crippen LogP contribution in [0.4, 0.5) is 0 Å². The van der Waals surface area contributed by atoms with Crippen molar-refractivity contribution in [2.45, 2.75) is 6.04 Å². The third kappa shape index (κ3) is 0.849. The summed E-state index contributed by atoms with van der Waals surface area (Å²) in [5, 5.41) is 10.2. The van der Waals surface area contributed by atoms with Crippen molar-refractivity contribution in [2.24, 2.45) is 0 Å². The van der Waals surface area contributed by atoms with Gasteiger partial charge in [0.15, 0.2) is 0 Å². The molecule has 2 heterocycles. The Hall–Kier alpha value is -1.97. The zero-order chi connectivity index (χ0) is 9.54. The standard InChI is InChI=1S/C10H9N3O/c14-10-7-5-11-8-4-2-1-3-6(8)9(7)12-13-10/h1-5,8,11-12H,(H,13,14). The Morgan fingerprint density at radius 3 is 3.07 bits per heavy atom. The molecule has 1 aliphatic heterocycles. The first-order valence-electron chi connectivity index (χ1n) is 4.48. The van der Waals surface area contributed by atoms with Crippen molar-refractivity contribution in [3.05, 3.63) is 45.2 Å². The van der Waals surface area contributed by atoms with Gasteiger partial charge in [-0.25, -0.2) is 0 Å². The lowest BCUT2D eigenvalue weighted by atomic mass is 10.00. The third-order valence-electron chi connectivity index (χ3n) is 2.54. The minimum Gasteiger partial charge on any atom is -0.380 e. The molecule has 3 rings (SSSR count). The van der Waals surface area contributed by atoms with E-state index in [0.717, 1.165) is 10.9 Å². The summed E-state index contributed by atoms with van der Waals surface area (Å²) in [4.78, 5) is 11.3. The average molecular weight is 187 g/mol. The first kappa shape index (κ1) is 7.44. The van der Waals surface area contributed by atoms with Crippen LogP contribution in [0.15, 0.2) is 29.1 Å². The van der Waals surface area contributed by atoms with Crippen LogP contribution in [0.3, 0.4) is 0 Å². The van der Waals surface area contributed by atoms with Crippen LogP contribution in [-0.2, 0) is 0 Å². The zero-order valence-corrected chi connectivity index (χ0v) is 7.37. The fraction of sp³-hybridized carbons (Fsp3) is 0.100. The molecule has 1 aliphatic carbocycles. The Labute approximate surface area is 79.3 Å². The molecule has 1 aromatic rings. The Morgan fingerprint density at radius 1 is 1.21 bits per heavy atom. The number of fused-ring (bicyclic) bond motifs is 2. The van der Waals surface area contributed by atoms with Gasteiger partial charge in [0.2, 0.25) is 0 Å². The van der Waals surface area contributed by atoms with E-state index in [1.807, 2.05) is 18.2 Å². The molecule has 0 saturated heterocycles. The van der Waals surface area contributed by atoms with Gasteiger partial charge in [-0.1, -0.05) is 24.3 Å². The Bertz CT molecular complexity index is 600. The van der Waals surface area contributed by atoms with Crippen molar-refractivity contribution >= 4 is 11.8 Å². The summed E-state index contributed by atoms with van der Waals surface area (Å²) in [5.74, 6) is 0. The quantitative estimate of drug-likeness (QED) is 0.472. The van der Waals surface area contributed by atoms with Gasteiger partial charge in [0.1, 0.15) is 0 Å². The molecule has 2 aliphatic rings. The molecule has 0 saturated carbocycles. The van der Waals surface area contributed by atoms with E-state index in [-0.39, 0.29) is 11.6 Å². The molecule has 0 amide bonds. The summed E-state index contributed by atoms with van der Waals surface area (Å²) in [7, 11) is 0. The maximum atomic E-state index is 11.3. The molecule has 0 fully saturated rings. The SMILES string of the molecule is O=c1[nH][nH]c2c1=CNC1C=CC=CC=21. The molecule has 0 radical (unpaired) electrons. The second-order valence-electron chi connectivity index (χ2n) is 3.36. The number of rotatable bonds is 0. The van der Waals surface area contributed by atoms with Gasteiger partial charge >= 0.3 is 0 Å². The van der Waals surface area contributed by atoms with Crippen molar-refractivity contribution < 1.29 is 0 Å². The fourth-order valence-electron chi connectivity index (χ4n) is 1.83. The van der Waals surface area contributed by atoms with Gasteiger partial charge < -0.3 is 5.32 Å². The molecular formula is C10H9N3O. The van der Waals surface area contributed by atoms with Gasteiger partial charge in [-0.2, -0.15) is 0 Å². The average Bonchev–Trinajstić information content (AvgIpc) is 2.61. The number of hydrogen-bond acceptors (Lipinski definition) is 2. The molecule has 14 heavy (non-hydrogen) atoms. The molecule has 1 unspecified atom stereocenters. The molecular weight excluding hydrogens is 178 g/mol. The molecule has 0 bridgehead atoms. The predicted molar refractivity (Wildman–Crippen MR) is 53.7 cm³/mol. The van der Waals surface area contributed by atoms with E-state index in [1.54, 1.807) is 6.20 Å². The molecule has 1 aromatic heterocycles. The summed E-state index contributed by atoms with van der Waals surface area (Å²) >= 11 is 0. The summed E-state index contributed by atoms with van der Waals surface area (Å²) in [6.45, 7) is 0. The lowest BCUT2D eigenvalue weighted by molar-refractivity contribution is 0.869. The normalized spacial score (nSPS) is 22.3. The largest absolute Gasteiger partial charge is 0.380 e. The Balaban J connectivity index is 2.46. The molecule has 0 spiro atoms. The van der Waals surface area contributed by atoms with Crippen LogP contribution in [0.2, 0.25) is 0 Å². The summed E-state index contributed by atoms with van der Waals surface area (Å²) in [6.07, 6.45) is 9.77. The molecule has 4 nitrogen and oxygen atoms in total. The van der Waals surface area contributed by atoms with E-state index in [4.69, 9.17) is 0 Å². The second-order valence-corrected chi connectivity index (χ2v) is 3.36. The molecule has 1 atom stereocenters. The van der Waals surface area contributed by atoms with Crippen LogP contribution < -0.4 is 21.4 Å². The van der Waals surface area contributed by atoms with E-state index < -0.39 is 0 Å². The lowest BCUT2D eigenvalue weighted by Gasteiger charge is -2.18. The zero-order valence-electron chi connectivity index (χ0n) is 7.37. The van der Waals surface area contributed by atoms with E-state index in [9.17, 15) is 4.79 Å². The van der Waals surface area contributed by atoms with Gasteiger partial charge in [0.05, 0.1) is 16.6 Å². The molecule has 0 aromatic carbocycles. The fourth-order valence-corrected chi connectivity index (χ4v) is 1.83. The van der Waals surface area contributed by atoms with Crippen molar-refractivity contribution in [1.82, 2.24) is 15.5 Å². The topological polar surface area (TPSA) is 60.7 Å². The number of H-pyrrole nitrogens is 2. The maximum Gasteiger partial charge on any atom is 0.273 e. The van der Waals surface area contributed by atoms with E-state index >= 15 is 0 Å². The first-order valence-corrected chi connectivity index (χ1v) is 4.48. The number of allylic oxidation sites excluding steroid dienone is 2. The van der Waals surface area contributed by atoms with Crippen LogP contribution in [0.1, 0.15) is 0 Å². The van der Waals surface area contributed by atoms with Crippen LogP contribution >= 0.6 is 0 Å². The van der Waals surface area contributed by atoms with Crippen LogP contribution in [0.25, 0.3) is 11.8 Å². The van der Waals surface area contributed by atoms with Gasteiger partial charge in [-0.05, 0) is 0 Å². The molecule has 4 heteroatoms. The Kier molecular flexibility index (Phi) is 1.33. The van der Waals surface area contributed by atoms with Crippen LogP contribution in [0.5, 0.6) is 0 Å². The van der Waals surface area contributed by atoms with E-state index in [2.05, 4.69) is 21.6 Å². The van der Waals surface area contributed by atoms with Gasteiger partial charge in [0.25, 0.3) is 5.56 Å². The predicted octanol–water partition coefficient (Wildman–Crippen LogP) is -1.31. The van der Waals surface area contributed by atoms with Crippen molar-refractivity contribution in [2.75, 3.05) is 0 Å². The highest BCUT2D eigenvalue weighted by Gasteiger charge is 2.15. The van der Waals surface area contributed by atoms with E-state index in [0.29, 0.717) is 5.22 Å². The summed E-state index contributed by atoms with van der Waals surface area (Å²) in [6, 6.07) is 0.180. The monoisotopic (exact) mass is 187 g/mol. The van der Waals surface area contributed by atoms with Crippen LogP contribution in [0, 0.1) is 0 Å². The van der Waals surface area contributed by atoms with Gasteiger partial charge in [-0.3, -0.25) is 15.0 Å². The number of aromatic amines is 2. The minimum absolute atomic E-state index is 0.0820. The smallest absolute Gasteiger partial charge is 0.273 e. The highest BCUT2D eigenvalue weighted by atomic mass is 16.1. The highest BCUT2D eigenvalue weighted by molar-refractivity contribution is 5.68. The van der Waals surface area contributed by atoms with Crippen molar-refractivity contribution in [1.29, 1.82) is 0 Å². The van der Waals surface area contributed by atoms with E-state index in [1.165, 1.54) is 0 Å². The minimum atomic E-state index is -0.0820. The number of aromatic nitrogens is 2. The Morgan fingerprint density at radius 2 is 2.14 bits per heavy atom. The summed E-state index contributed by atoms with van der Waals surface area (Å²) in [5.41, 5.74) is 1.02. The first-order chi connectivity index (χ1) is 6.86. The second kappa shape index (κ2) is 2.51.